The van der Waals surface area contributed by atoms with Gasteiger partial charge in [0.05, 0.1) is 0 Å². The van der Waals surface area contributed by atoms with Crippen molar-refractivity contribution in [3.8, 4) is 0 Å². The van der Waals surface area contributed by atoms with Crippen LogP contribution in [0.5, 0.6) is 0 Å². The SMILES string of the molecule is CN1CCC(C(=O)c2ccc([C]=O)cc2)CC1. The first kappa shape index (κ1) is 12.0. The Morgan fingerprint density at radius 3 is 2.35 bits per heavy atom. The second kappa shape index (κ2) is 5.23. The molecule has 0 N–H and O–H groups in total. The number of hydrogen-bond donors (Lipinski definition) is 0. The van der Waals surface area contributed by atoms with Gasteiger partial charge < -0.3 is 4.90 Å². The molecule has 1 aliphatic heterocycles. The zero-order valence-electron chi connectivity index (χ0n) is 9.98. The first-order valence-electron chi connectivity index (χ1n) is 5.91. The molecule has 0 atom stereocenters. The summed E-state index contributed by atoms with van der Waals surface area (Å²) in [7, 11) is 2.08. The lowest BCUT2D eigenvalue weighted by molar-refractivity contribution is 0.0857. The Hall–Kier alpha value is -1.48. The van der Waals surface area contributed by atoms with Crippen molar-refractivity contribution < 1.29 is 9.59 Å². The van der Waals surface area contributed by atoms with Crippen LogP contribution in [-0.4, -0.2) is 37.1 Å². The summed E-state index contributed by atoms with van der Waals surface area (Å²) in [5.41, 5.74) is 1.20. The molecule has 0 amide bonds. The molecule has 1 aromatic rings. The lowest BCUT2D eigenvalue weighted by Gasteiger charge is -2.27. The van der Waals surface area contributed by atoms with Gasteiger partial charge in [-0.3, -0.25) is 9.59 Å². The van der Waals surface area contributed by atoms with E-state index in [4.69, 9.17) is 0 Å². The molecule has 1 fully saturated rings. The number of carbonyl (C=O) groups is 1. The maximum absolute atomic E-state index is 12.2. The van der Waals surface area contributed by atoms with Gasteiger partial charge in [0.2, 0.25) is 6.29 Å². The fraction of sp³-hybridized carbons (Fsp3) is 0.429. The van der Waals surface area contributed by atoms with Crippen molar-refractivity contribution in [1.82, 2.24) is 4.90 Å². The van der Waals surface area contributed by atoms with E-state index >= 15 is 0 Å². The Morgan fingerprint density at radius 2 is 1.82 bits per heavy atom. The van der Waals surface area contributed by atoms with E-state index in [9.17, 15) is 9.59 Å². The molecule has 2 rings (SSSR count). The van der Waals surface area contributed by atoms with Crippen LogP contribution in [0.4, 0.5) is 0 Å². The molecule has 0 aromatic heterocycles. The van der Waals surface area contributed by atoms with E-state index in [-0.39, 0.29) is 11.7 Å². The quantitative estimate of drug-likeness (QED) is 0.741. The van der Waals surface area contributed by atoms with Crippen LogP contribution in [0.2, 0.25) is 0 Å². The number of Topliss-reactive ketones (excluding diaryl/α,β-unsaturated/α-hetero) is 1. The summed E-state index contributed by atoms with van der Waals surface area (Å²) in [5.74, 6) is 0.341. The van der Waals surface area contributed by atoms with Gasteiger partial charge >= 0.3 is 0 Å². The van der Waals surface area contributed by atoms with Gasteiger partial charge in [-0.05, 0) is 33.0 Å². The molecular weight excluding hydrogens is 214 g/mol. The molecule has 0 unspecified atom stereocenters. The number of benzene rings is 1. The molecular formula is C14H16NO2. The molecule has 1 aliphatic rings. The molecule has 3 heteroatoms. The molecule has 0 spiro atoms. The van der Waals surface area contributed by atoms with Gasteiger partial charge in [0.15, 0.2) is 5.78 Å². The van der Waals surface area contributed by atoms with Crippen molar-refractivity contribution in [3.63, 3.8) is 0 Å². The highest BCUT2D eigenvalue weighted by atomic mass is 16.1. The van der Waals surface area contributed by atoms with E-state index in [1.165, 1.54) is 0 Å². The Labute approximate surface area is 101 Å². The van der Waals surface area contributed by atoms with E-state index in [0.29, 0.717) is 11.1 Å². The molecule has 1 saturated heterocycles. The summed E-state index contributed by atoms with van der Waals surface area (Å²) < 4.78 is 0. The smallest absolute Gasteiger partial charge is 0.233 e. The van der Waals surface area contributed by atoms with Crippen LogP contribution in [0.25, 0.3) is 0 Å². The van der Waals surface area contributed by atoms with Crippen LogP contribution in [-0.2, 0) is 4.79 Å². The number of likely N-dealkylation sites (tertiary alicyclic amines) is 1. The van der Waals surface area contributed by atoms with Crippen LogP contribution >= 0.6 is 0 Å². The molecule has 3 nitrogen and oxygen atoms in total. The van der Waals surface area contributed by atoms with Crippen molar-refractivity contribution in [2.45, 2.75) is 12.8 Å². The Balaban J connectivity index is 2.06. The lowest BCUT2D eigenvalue weighted by Crippen LogP contribution is -2.33. The van der Waals surface area contributed by atoms with Gasteiger partial charge in [-0.25, -0.2) is 0 Å². The summed E-state index contributed by atoms with van der Waals surface area (Å²) in [6.45, 7) is 1.97. The summed E-state index contributed by atoms with van der Waals surface area (Å²) in [5, 5.41) is 0. The third-order valence-electron chi connectivity index (χ3n) is 3.38. The summed E-state index contributed by atoms with van der Waals surface area (Å²) in [4.78, 5) is 24.8. The van der Waals surface area contributed by atoms with Crippen molar-refractivity contribution in [2.75, 3.05) is 20.1 Å². The second-order valence-electron chi connectivity index (χ2n) is 4.62. The van der Waals surface area contributed by atoms with Gasteiger partial charge in [0.25, 0.3) is 0 Å². The van der Waals surface area contributed by atoms with Gasteiger partial charge in [-0.15, -0.1) is 0 Å². The van der Waals surface area contributed by atoms with Crippen LogP contribution in [0.3, 0.4) is 0 Å². The Bertz CT molecular complexity index is 403. The second-order valence-corrected chi connectivity index (χ2v) is 4.62. The van der Waals surface area contributed by atoms with Gasteiger partial charge in [-0.2, -0.15) is 0 Å². The van der Waals surface area contributed by atoms with Crippen LogP contribution < -0.4 is 0 Å². The minimum atomic E-state index is 0.136. The molecule has 1 aromatic carbocycles. The Kier molecular flexibility index (Phi) is 3.69. The fourth-order valence-corrected chi connectivity index (χ4v) is 2.21. The summed E-state index contributed by atoms with van der Waals surface area (Å²) >= 11 is 0. The lowest BCUT2D eigenvalue weighted by atomic mass is 9.89. The number of carbonyl (C=O) groups excluding carboxylic acids is 2. The fourth-order valence-electron chi connectivity index (χ4n) is 2.21. The van der Waals surface area contributed by atoms with E-state index in [1.54, 1.807) is 24.3 Å². The van der Waals surface area contributed by atoms with E-state index < -0.39 is 0 Å². The van der Waals surface area contributed by atoms with Crippen LogP contribution in [0.15, 0.2) is 24.3 Å². The predicted octanol–water partition coefficient (Wildman–Crippen LogP) is 1.67. The third-order valence-corrected chi connectivity index (χ3v) is 3.38. The maximum Gasteiger partial charge on any atom is 0.233 e. The first-order chi connectivity index (χ1) is 8.20. The summed E-state index contributed by atoms with van der Waals surface area (Å²) in [6.07, 6.45) is 3.67. The van der Waals surface area contributed by atoms with E-state index in [0.717, 1.165) is 25.9 Å². The molecule has 1 heterocycles. The number of piperidine rings is 1. The average molecular weight is 230 g/mol. The topological polar surface area (TPSA) is 37.4 Å². The standard InChI is InChI=1S/C14H16NO2/c1-15-8-6-13(7-9-15)14(17)12-4-2-11(10-16)3-5-12/h2-5,13H,6-9H2,1H3. The Morgan fingerprint density at radius 1 is 1.24 bits per heavy atom. The predicted molar refractivity (Wildman–Crippen MR) is 65.8 cm³/mol. The molecule has 17 heavy (non-hydrogen) atoms. The van der Waals surface area contributed by atoms with E-state index in [1.807, 2.05) is 6.29 Å². The highest BCUT2D eigenvalue weighted by Crippen LogP contribution is 2.21. The minimum absolute atomic E-state index is 0.136. The van der Waals surface area contributed by atoms with Crippen LogP contribution in [0, 0.1) is 5.92 Å². The van der Waals surface area contributed by atoms with E-state index in [2.05, 4.69) is 11.9 Å². The maximum atomic E-state index is 12.2. The monoisotopic (exact) mass is 230 g/mol. The van der Waals surface area contributed by atoms with Crippen molar-refractivity contribution in [3.05, 3.63) is 35.4 Å². The number of ketones is 1. The normalized spacial score (nSPS) is 17.9. The van der Waals surface area contributed by atoms with Gasteiger partial charge in [-0.1, -0.05) is 24.3 Å². The van der Waals surface area contributed by atoms with Crippen molar-refractivity contribution in [2.24, 2.45) is 5.92 Å². The zero-order chi connectivity index (χ0) is 12.3. The van der Waals surface area contributed by atoms with Gasteiger partial charge in [0.1, 0.15) is 0 Å². The highest BCUT2D eigenvalue weighted by Gasteiger charge is 2.24. The highest BCUT2D eigenvalue weighted by molar-refractivity contribution is 5.98. The average Bonchev–Trinajstić information content (AvgIpc) is 2.39. The van der Waals surface area contributed by atoms with Crippen molar-refractivity contribution >= 4 is 12.1 Å². The number of rotatable bonds is 3. The first-order valence-corrected chi connectivity index (χ1v) is 5.91. The minimum Gasteiger partial charge on any atom is -0.306 e. The molecule has 0 bridgehead atoms. The third kappa shape index (κ3) is 2.80. The molecule has 0 aliphatic carbocycles. The van der Waals surface area contributed by atoms with Crippen LogP contribution in [0.1, 0.15) is 28.8 Å². The molecule has 0 saturated carbocycles. The summed E-state index contributed by atoms with van der Waals surface area (Å²) in [6, 6.07) is 6.74. The molecule has 1 radical (unpaired) electrons. The van der Waals surface area contributed by atoms with Crippen molar-refractivity contribution in [1.29, 1.82) is 0 Å². The molecule has 89 valence electrons. The number of hydrogen-bond acceptors (Lipinski definition) is 3. The largest absolute Gasteiger partial charge is 0.306 e. The number of nitrogens with zero attached hydrogens (tertiary/aromatic N) is 1. The van der Waals surface area contributed by atoms with Gasteiger partial charge in [0, 0.05) is 17.0 Å². The zero-order valence-corrected chi connectivity index (χ0v) is 9.98.